The molecule has 0 bridgehead atoms. The fourth-order valence-electron chi connectivity index (χ4n) is 2.66. The highest BCUT2D eigenvalue weighted by Gasteiger charge is 2.12. The van der Waals surface area contributed by atoms with Crippen LogP contribution in [0.15, 0.2) is 48.7 Å². The van der Waals surface area contributed by atoms with Crippen LogP contribution in [-0.2, 0) is 12.8 Å². The minimum atomic E-state index is 0.945. The van der Waals surface area contributed by atoms with Gasteiger partial charge in [-0.1, -0.05) is 49.7 Å². The maximum absolute atomic E-state index is 4.80. The second-order valence-electron chi connectivity index (χ2n) is 5.35. The molecule has 0 radical (unpaired) electrons. The predicted octanol–water partition coefficient (Wildman–Crippen LogP) is 4.19. The molecule has 2 aromatic heterocycles. The Kier molecular flexibility index (Phi) is 3.55. The van der Waals surface area contributed by atoms with Crippen LogP contribution in [0.4, 0.5) is 0 Å². The summed E-state index contributed by atoms with van der Waals surface area (Å²) in [6.07, 6.45) is 5.31. The molecule has 0 spiro atoms. The maximum Gasteiger partial charge on any atom is 0.137 e. The van der Waals surface area contributed by atoms with Gasteiger partial charge in [0.25, 0.3) is 0 Å². The number of hydrogen-bond acceptors (Lipinski definition) is 1. The fraction of sp³-hybridized carbons (Fsp3) is 0.278. The zero-order chi connectivity index (χ0) is 13.9. The van der Waals surface area contributed by atoms with Crippen LogP contribution >= 0.6 is 0 Å². The van der Waals surface area contributed by atoms with Gasteiger partial charge in [-0.25, -0.2) is 4.98 Å². The number of benzene rings is 1. The Morgan fingerprint density at radius 2 is 1.85 bits per heavy atom. The van der Waals surface area contributed by atoms with Crippen LogP contribution in [0.25, 0.3) is 5.65 Å². The third-order valence-electron chi connectivity index (χ3n) is 3.65. The highest BCUT2D eigenvalue weighted by molar-refractivity contribution is 5.45. The summed E-state index contributed by atoms with van der Waals surface area (Å²) in [5, 5.41) is 0. The molecule has 0 atom stereocenters. The molecule has 0 amide bonds. The number of hydrogen-bond donors (Lipinski definition) is 0. The molecule has 0 unspecified atom stereocenters. The van der Waals surface area contributed by atoms with E-state index in [1.807, 2.05) is 0 Å². The van der Waals surface area contributed by atoms with Crippen molar-refractivity contribution >= 4 is 5.65 Å². The number of fused-ring (bicyclic) bond motifs is 1. The molecule has 2 heterocycles. The predicted molar refractivity (Wildman–Crippen MR) is 83.2 cm³/mol. The van der Waals surface area contributed by atoms with Gasteiger partial charge in [-0.3, -0.25) is 0 Å². The Labute approximate surface area is 120 Å². The Hall–Kier alpha value is -2.09. The molecule has 0 aliphatic rings. The summed E-state index contributed by atoms with van der Waals surface area (Å²) in [5.41, 5.74) is 6.24. The third kappa shape index (κ3) is 2.46. The van der Waals surface area contributed by atoms with Crippen LogP contribution in [-0.4, -0.2) is 9.38 Å². The Bertz CT molecular complexity index is 711. The SMILES string of the molecule is CCCc1nc2ccc(C)cn2c1Cc1ccccc1. The molecule has 1 aromatic carbocycles. The molecule has 2 heteroatoms. The van der Waals surface area contributed by atoms with Gasteiger partial charge in [0.15, 0.2) is 0 Å². The lowest BCUT2D eigenvalue weighted by molar-refractivity contribution is 0.866. The zero-order valence-electron chi connectivity index (χ0n) is 12.1. The van der Waals surface area contributed by atoms with Crippen molar-refractivity contribution < 1.29 is 0 Å². The topological polar surface area (TPSA) is 17.3 Å². The van der Waals surface area contributed by atoms with Crippen molar-refractivity contribution in [1.82, 2.24) is 9.38 Å². The van der Waals surface area contributed by atoms with Gasteiger partial charge < -0.3 is 4.40 Å². The molecular formula is C18H20N2. The van der Waals surface area contributed by atoms with E-state index in [9.17, 15) is 0 Å². The van der Waals surface area contributed by atoms with Crippen LogP contribution < -0.4 is 0 Å². The molecule has 0 N–H and O–H groups in total. The van der Waals surface area contributed by atoms with Crippen molar-refractivity contribution in [2.75, 3.05) is 0 Å². The molecule has 0 saturated heterocycles. The standard InChI is InChI=1S/C18H20N2/c1-3-7-16-17(12-15-8-5-4-6-9-15)20-13-14(2)10-11-18(20)19-16/h4-6,8-11,13H,3,7,12H2,1-2H3. The van der Waals surface area contributed by atoms with Crippen molar-refractivity contribution in [3.05, 3.63) is 71.2 Å². The van der Waals surface area contributed by atoms with Crippen molar-refractivity contribution in [1.29, 1.82) is 0 Å². The molecule has 3 rings (SSSR count). The van der Waals surface area contributed by atoms with E-state index in [0.29, 0.717) is 0 Å². The van der Waals surface area contributed by atoms with Crippen LogP contribution in [0.1, 0.15) is 35.9 Å². The first-order valence-electron chi connectivity index (χ1n) is 7.28. The molecule has 2 nitrogen and oxygen atoms in total. The molecule has 0 fully saturated rings. The van der Waals surface area contributed by atoms with Crippen LogP contribution in [0, 0.1) is 6.92 Å². The van der Waals surface area contributed by atoms with Gasteiger partial charge in [0.2, 0.25) is 0 Å². The second-order valence-corrected chi connectivity index (χ2v) is 5.35. The van der Waals surface area contributed by atoms with Crippen LogP contribution in [0.5, 0.6) is 0 Å². The number of imidazole rings is 1. The quantitative estimate of drug-likeness (QED) is 0.690. The minimum Gasteiger partial charge on any atom is -0.303 e. The molecule has 102 valence electrons. The summed E-state index contributed by atoms with van der Waals surface area (Å²) in [5.74, 6) is 0. The molecule has 3 aromatic rings. The lowest BCUT2D eigenvalue weighted by atomic mass is 10.1. The zero-order valence-corrected chi connectivity index (χ0v) is 12.1. The van der Waals surface area contributed by atoms with Gasteiger partial charge in [0.05, 0.1) is 11.4 Å². The van der Waals surface area contributed by atoms with E-state index in [1.54, 1.807) is 0 Å². The van der Waals surface area contributed by atoms with Gasteiger partial charge in [0.1, 0.15) is 5.65 Å². The fourth-order valence-corrected chi connectivity index (χ4v) is 2.66. The van der Waals surface area contributed by atoms with Gasteiger partial charge in [-0.15, -0.1) is 0 Å². The van der Waals surface area contributed by atoms with Gasteiger partial charge >= 0.3 is 0 Å². The summed E-state index contributed by atoms with van der Waals surface area (Å²) in [6, 6.07) is 14.9. The van der Waals surface area contributed by atoms with Crippen molar-refractivity contribution in [2.45, 2.75) is 33.1 Å². The minimum absolute atomic E-state index is 0.945. The van der Waals surface area contributed by atoms with E-state index in [-0.39, 0.29) is 0 Å². The van der Waals surface area contributed by atoms with Gasteiger partial charge in [-0.2, -0.15) is 0 Å². The smallest absolute Gasteiger partial charge is 0.137 e. The first kappa shape index (κ1) is 12.9. The van der Waals surface area contributed by atoms with Crippen molar-refractivity contribution in [2.24, 2.45) is 0 Å². The molecule has 20 heavy (non-hydrogen) atoms. The Balaban J connectivity index is 2.10. The van der Waals surface area contributed by atoms with E-state index >= 15 is 0 Å². The molecular weight excluding hydrogens is 244 g/mol. The van der Waals surface area contributed by atoms with E-state index in [0.717, 1.165) is 24.9 Å². The summed E-state index contributed by atoms with van der Waals surface area (Å²) in [7, 11) is 0. The summed E-state index contributed by atoms with van der Waals surface area (Å²) < 4.78 is 2.26. The van der Waals surface area contributed by atoms with E-state index in [4.69, 9.17) is 4.98 Å². The largest absolute Gasteiger partial charge is 0.303 e. The number of rotatable bonds is 4. The normalized spacial score (nSPS) is 11.1. The van der Waals surface area contributed by atoms with Crippen LogP contribution in [0.3, 0.4) is 0 Å². The second kappa shape index (κ2) is 5.49. The lowest BCUT2D eigenvalue weighted by Gasteiger charge is -2.06. The van der Waals surface area contributed by atoms with Gasteiger partial charge in [0, 0.05) is 12.6 Å². The summed E-state index contributed by atoms with van der Waals surface area (Å²) >= 11 is 0. The van der Waals surface area contributed by atoms with E-state index < -0.39 is 0 Å². The average molecular weight is 264 g/mol. The average Bonchev–Trinajstić information content (AvgIpc) is 2.78. The number of pyridine rings is 1. The van der Waals surface area contributed by atoms with Gasteiger partial charge in [-0.05, 0) is 30.5 Å². The van der Waals surface area contributed by atoms with Crippen LogP contribution in [0.2, 0.25) is 0 Å². The molecule has 0 aliphatic carbocycles. The summed E-state index contributed by atoms with van der Waals surface area (Å²) in [4.78, 5) is 4.80. The Morgan fingerprint density at radius 1 is 1.05 bits per heavy atom. The van der Waals surface area contributed by atoms with E-state index in [1.165, 1.54) is 22.5 Å². The number of aryl methyl sites for hydroxylation is 2. The lowest BCUT2D eigenvalue weighted by Crippen LogP contribution is -1.99. The number of nitrogens with zero attached hydrogens (tertiary/aromatic N) is 2. The maximum atomic E-state index is 4.80. The molecule has 0 aliphatic heterocycles. The first-order valence-corrected chi connectivity index (χ1v) is 7.28. The van der Waals surface area contributed by atoms with Crippen molar-refractivity contribution in [3.8, 4) is 0 Å². The monoisotopic (exact) mass is 264 g/mol. The Morgan fingerprint density at radius 3 is 2.60 bits per heavy atom. The third-order valence-corrected chi connectivity index (χ3v) is 3.65. The van der Waals surface area contributed by atoms with Crippen molar-refractivity contribution in [3.63, 3.8) is 0 Å². The van der Waals surface area contributed by atoms with E-state index in [2.05, 4.69) is 66.9 Å². The summed E-state index contributed by atoms with van der Waals surface area (Å²) in [6.45, 7) is 4.34. The number of aromatic nitrogens is 2. The molecule has 0 saturated carbocycles. The highest BCUT2D eigenvalue weighted by atomic mass is 15.0. The highest BCUT2D eigenvalue weighted by Crippen LogP contribution is 2.19. The first-order chi connectivity index (χ1) is 9.78.